The van der Waals surface area contributed by atoms with Crippen LogP contribution in [0.5, 0.6) is 0 Å². The average molecular weight is 338 g/mol. The van der Waals surface area contributed by atoms with Crippen LogP contribution in [0.4, 0.5) is 0 Å². The SMILES string of the molecule is CCCOCC(CC1C(=O)OC(=O)C1C)SS(=O)(=O)CC. The zero-order valence-corrected chi connectivity index (χ0v) is 14.2. The highest BCUT2D eigenvalue weighted by Crippen LogP contribution is 2.33. The molecule has 122 valence electrons. The Morgan fingerprint density at radius 3 is 2.43 bits per heavy atom. The number of carbonyl (C=O) groups excluding carboxylic acids is 2. The van der Waals surface area contributed by atoms with Crippen molar-refractivity contribution in [3.05, 3.63) is 0 Å². The summed E-state index contributed by atoms with van der Waals surface area (Å²) in [4.78, 5) is 23.0. The van der Waals surface area contributed by atoms with Gasteiger partial charge in [0.1, 0.15) is 0 Å². The largest absolute Gasteiger partial charge is 0.393 e. The first kappa shape index (κ1) is 18.4. The summed E-state index contributed by atoms with van der Waals surface area (Å²) in [5.41, 5.74) is 0. The van der Waals surface area contributed by atoms with Crippen LogP contribution in [-0.4, -0.2) is 44.6 Å². The van der Waals surface area contributed by atoms with Crippen LogP contribution >= 0.6 is 10.8 Å². The van der Waals surface area contributed by atoms with Crippen molar-refractivity contribution in [2.24, 2.45) is 11.8 Å². The summed E-state index contributed by atoms with van der Waals surface area (Å²) >= 11 is 0. The van der Waals surface area contributed by atoms with Crippen molar-refractivity contribution in [2.45, 2.75) is 38.9 Å². The van der Waals surface area contributed by atoms with E-state index in [1.54, 1.807) is 13.8 Å². The molecule has 1 heterocycles. The van der Waals surface area contributed by atoms with E-state index in [-0.39, 0.29) is 24.0 Å². The molecule has 0 saturated carbocycles. The van der Waals surface area contributed by atoms with Gasteiger partial charge in [-0.3, -0.25) is 9.59 Å². The van der Waals surface area contributed by atoms with Gasteiger partial charge < -0.3 is 9.47 Å². The van der Waals surface area contributed by atoms with Crippen LogP contribution in [0.2, 0.25) is 0 Å². The molecule has 3 unspecified atom stereocenters. The van der Waals surface area contributed by atoms with Gasteiger partial charge >= 0.3 is 11.9 Å². The molecule has 0 N–H and O–H groups in total. The average Bonchev–Trinajstić information content (AvgIpc) is 2.65. The summed E-state index contributed by atoms with van der Waals surface area (Å²) in [5.74, 6) is -2.21. The molecule has 0 aliphatic carbocycles. The maximum absolute atomic E-state index is 11.8. The van der Waals surface area contributed by atoms with Crippen LogP contribution in [0.3, 0.4) is 0 Å². The molecule has 1 aliphatic rings. The van der Waals surface area contributed by atoms with Gasteiger partial charge in [0.15, 0.2) is 0 Å². The molecule has 0 radical (unpaired) electrons. The predicted octanol–water partition coefficient (Wildman–Crippen LogP) is 1.59. The Kier molecular flexibility index (Phi) is 7.15. The first-order valence-corrected chi connectivity index (χ1v) is 10.1. The van der Waals surface area contributed by atoms with Crippen molar-refractivity contribution in [1.82, 2.24) is 0 Å². The highest BCUT2D eigenvalue weighted by atomic mass is 33.1. The Morgan fingerprint density at radius 2 is 1.95 bits per heavy atom. The third-order valence-corrected chi connectivity index (χ3v) is 7.29. The fourth-order valence-electron chi connectivity index (χ4n) is 1.99. The van der Waals surface area contributed by atoms with Crippen LogP contribution in [0, 0.1) is 11.8 Å². The molecule has 1 aliphatic heterocycles. The third-order valence-electron chi connectivity index (χ3n) is 3.28. The first-order valence-electron chi connectivity index (χ1n) is 7.05. The number of carbonyl (C=O) groups is 2. The number of hydrogen-bond donors (Lipinski definition) is 0. The zero-order valence-electron chi connectivity index (χ0n) is 12.5. The Morgan fingerprint density at radius 1 is 1.29 bits per heavy atom. The fourth-order valence-corrected chi connectivity index (χ4v) is 5.03. The maximum atomic E-state index is 11.8. The molecule has 0 aromatic carbocycles. The highest BCUT2D eigenvalue weighted by Gasteiger charge is 2.42. The number of cyclic esters (lactones) is 2. The Hall–Kier alpha value is -0.600. The minimum atomic E-state index is -3.25. The summed E-state index contributed by atoms with van der Waals surface area (Å²) < 4.78 is 33.5. The Labute approximate surface area is 129 Å². The van der Waals surface area contributed by atoms with E-state index in [0.29, 0.717) is 6.61 Å². The van der Waals surface area contributed by atoms with Gasteiger partial charge in [0.2, 0.25) is 8.87 Å². The van der Waals surface area contributed by atoms with Crippen LogP contribution in [-0.2, 0) is 27.9 Å². The van der Waals surface area contributed by atoms with Crippen LogP contribution in [0.15, 0.2) is 0 Å². The number of ether oxygens (including phenoxy) is 2. The minimum absolute atomic E-state index is 0.0194. The van der Waals surface area contributed by atoms with E-state index in [0.717, 1.165) is 17.2 Å². The summed E-state index contributed by atoms with van der Waals surface area (Å²) in [7, 11) is -2.43. The van der Waals surface area contributed by atoms with Crippen molar-refractivity contribution in [3.8, 4) is 0 Å². The second kappa shape index (κ2) is 8.14. The van der Waals surface area contributed by atoms with Gasteiger partial charge in [-0.1, -0.05) is 20.8 Å². The second-order valence-corrected chi connectivity index (χ2v) is 9.66. The standard InChI is InChI=1S/C13H22O6S2/c1-4-6-18-8-10(20-21(16,17)5-2)7-11-9(3)12(14)19-13(11)15/h9-11H,4-8H2,1-3H3. The predicted molar refractivity (Wildman–Crippen MR) is 80.3 cm³/mol. The summed E-state index contributed by atoms with van der Waals surface area (Å²) in [5, 5.41) is -0.382. The molecule has 1 saturated heterocycles. The molecule has 0 aromatic heterocycles. The summed E-state index contributed by atoms with van der Waals surface area (Å²) in [6.45, 7) is 5.93. The summed E-state index contributed by atoms with van der Waals surface area (Å²) in [6.07, 6.45) is 1.09. The van der Waals surface area contributed by atoms with Gasteiger partial charge in [-0.2, -0.15) is 0 Å². The Balaban J connectivity index is 2.72. The molecule has 3 atom stereocenters. The molecule has 0 bridgehead atoms. The van der Waals surface area contributed by atoms with Gasteiger partial charge in [0.05, 0.1) is 24.2 Å². The monoisotopic (exact) mass is 338 g/mol. The molecular formula is C13H22O6S2. The molecule has 0 aromatic rings. The van der Waals surface area contributed by atoms with E-state index in [1.807, 2.05) is 6.92 Å². The molecule has 0 spiro atoms. The van der Waals surface area contributed by atoms with E-state index in [9.17, 15) is 18.0 Å². The van der Waals surface area contributed by atoms with Crippen molar-refractivity contribution >= 4 is 31.6 Å². The smallest absolute Gasteiger partial charge is 0.317 e. The molecule has 0 amide bonds. The van der Waals surface area contributed by atoms with Gasteiger partial charge in [-0.25, -0.2) is 8.42 Å². The fraction of sp³-hybridized carbons (Fsp3) is 0.846. The molecule has 21 heavy (non-hydrogen) atoms. The van der Waals surface area contributed by atoms with Gasteiger partial charge in [-0.15, -0.1) is 0 Å². The van der Waals surface area contributed by atoms with Crippen LogP contribution in [0.25, 0.3) is 0 Å². The van der Waals surface area contributed by atoms with E-state index in [2.05, 4.69) is 4.74 Å². The van der Waals surface area contributed by atoms with Crippen LogP contribution in [0.1, 0.15) is 33.6 Å². The third kappa shape index (κ3) is 5.60. The van der Waals surface area contributed by atoms with Gasteiger partial charge in [0.25, 0.3) is 0 Å². The van der Waals surface area contributed by atoms with Crippen molar-refractivity contribution in [3.63, 3.8) is 0 Å². The first-order chi connectivity index (χ1) is 9.80. The quantitative estimate of drug-likeness (QED) is 0.273. The van der Waals surface area contributed by atoms with E-state index >= 15 is 0 Å². The lowest BCUT2D eigenvalue weighted by atomic mass is 9.92. The molecule has 1 rings (SSSR count). The number of hydrogen-bond acceptors (Lipinski definition) is 7. The zero-order chi connectivity index (χ0) is 16.0. The number of rotatable bonds is 9. The minimum Gasteiger partial charge on any atom is -0.393 e. The normalized spacial score (nSPS) is 24.1. The lowest BCUT2D eigenvalue weighted by molar-refractivity contribution is -0.153. The molecule has 6 nitrogen and oxygen atoms in total. The van der Waals surface area contributed by atoms with Crippen molar-refractivity contribution in [1.29, 1.82) is 0 Å². The van der Waals surface area contributed by atoms with Crippen molar-refractivity contribution < 1.29 is 27.5 Å². The topological polar surface area (TPSA) is 86.7 Å². The lowest BCUT2D eigenvalue weighted by Gasteiger charge is -2.19. The van der Waals surface area contributed by atoms with Gasteiger partial charge in [-0.05, 0) is 23.6 Å². The van der Waals surface area contributed by atoms with Crippen LogP contribution < -0.4 is 0 Å². The Bertz CT molecular complexity index is 473. The second-order valence-electron chi connectivity index (χ2n) is 5.01. The molecule has 8 heteroatoms. The van der Waals surface area contributed by atoms with E-state index in [1.165, 1.54) is 0 Å². The van der Waals surface area contributed by atoms with E-state index < -0.39 is 32.6 Å². The highest BCUT2D eigenvalue weighted by molar-refractivity contribution is 8.72. The van der Waals surface area contributed by atoms with E-state index in [4.69, 9.17) is 4.74 Å². The maximum Gasteiger partial charge on any atom is 0.317 e. The molecular weight excluding hydrogens is 316 g/mol. The summed E-state index contributed by atoms with van der Waals surface area (Å²) in [6, 6.07) is 0. The number of esters is 2. The lowest BCUT2D eigenvalue weighted by Crippen LogP contribution is -2.25. The van der Waals surface area contributed by atoms with Gasteiger partial charge in [0, 0.05) is 11.9 Å². The molecule has 1 fully saturated rings. The van der Waals surface area contributed by atoms with Crippen molar-refractivity contribution in [2.75, 3.05) is 19.0 Å².